The summed E-state index contributed by atoms with van der Waals surface area (Å²) in [6.45, 7) is 2.01. The van der Waals surface area contributed by atoms with Crippen LogP contribution in [-0.4, -0.2) is 33.2 Å². The van der Waals surface area contributed by atoms with Crippen LogP contribution in [0.1, 0.15) is 16.8 Å². The second-order valence-corrected chi connectivity index (χ2v) is 5.25. The zero-order valence-corrected chi connectivity index (χ0v) is 12.4. The van der Waals surface area contributed by atoms with Crippen molar-refractivity contribution in [3.8, 4) is 5.75 Å². The summed E-state index contributed by atoms with van der Waals surface area (Å²) < 4.78 is 5.16. The lowest BCUT2D eigenvalue weighted by atomic mass is 10.2. The number of hydrogen-bond acceptors (Lipinski definition) is 3. The van der Waals surface area contributed by atoms with Crippen LogP contribution in [0, 0.1) is 0 Å². The molecule has 0 aliphatic carbocycles. The van der Waals surface area contributed by atoms with Crippen LogP contribution in [0.2, 0.25) is 5.02 Å². The van der Waals surface area contributed by atoms with Crippen molar-refractivity contribution in [3.63, 3.8) is 0 Å². The number of benzene rings is 1. The first kappa shape index (κ1) is 14.7. The topological polar surface area (TPSA) is 54.8 Å². The molecule has 0 saturated carbocycles. The second kappa shape index (κ2) is 6.63. The van der Waals surface area contributed by atoms with Crippen molar-refractivity contribution in [2.45, 2.75) is 6.42 Å². The van der Waals surface area contributed by atoms with Gasteiger partial charge in [0.1, 0.15) is 5.75 Å². The molecule has 1 aromatic rings. The minimum absolute atomic E-state index is 0.267. The fraction of sp³-hybridized carbons (Fsp3) is 0.357. The molecule has 1 aliphatic heterocycles. The minimum atomic E-state index is -0.267. The lowest BCUT2D eigenvalue weighted by molar-refractivity contribution is -0.875. The van der Waals surface area contributed by atoms with Gasteiger partial charge in [0.05, 0.1) is 32.8 Å². The molecule has 20 heavy (non-hydrogen) atoms. The summed E-state index contributed by atoms with van der Waals surface area (Å²) in [5.41, 5.74) is 7.08. The average Bonchev–Trinajstić information content (AvgIpc) is 2.46. The Morgan fingerprint density at radius 1 is 1.45 bits per heavy atom. The highest BCUT2D eigenvalue weighted by molar-refractivity contribution is 6.31. The average molecular weight is 297 g/mol. The summed E-state index contributed by atoms with van der Waals surface area (Å²) in [5, 5.41) is 0.498. The quantitative estimate of drug-likeness (QED) is 0.705. The van der Waals surface area contributed by atoms with Gasteiger partial charge in [0.2, 0.25) is 0 Å². The molecule has 1 amide bonds. The van der Waals surface area contributed by atoms with Gasteiger partial charge in [0.15, 0.2) is 0 Å². The lowest BCUT2D eigenvalue weighted by Crippen LogP contribution is -3.09. The molecule has 1 aliphatic rings. The first-order chi connectivity index (χ1) is 9.60. The molecule has 1 unspecified atom stereocenters. The number of amides is 1. The maximum Gasteiger partial charge on any atom is 0.273 e. The monoisotopic (exact) mass is 296 g/mol. The molecular weight excluding hydrogens is 278 g/mol. The predicted octanol–water partition coefficient (Wildman–Crippen LogP) is 0.385. The van der Waals surface area contributed by atoms with Gasteiger partial charge in [0, 0.05) is 17.1 Å². The number of quaternary nitrogens is 1. The zero-order valence-electron chi connectivity index (χ0n) is 11.6. The molecule has 1 atom stereocenters. The molecule has 0 radical (unpaired) electrons. The van der Waals surface area contributed by atoms with Crippen molar-refractivity contribution in [2.75, 3.05) is 27.2 Å². The van der Waals surface area contributed by atoms with E-state index in [1.165, 1.54) is 12.0 Å². The van der Waals surface area contributed by atoms with Gasteiger partial charge in [-0.25, -0.2) is 0 Å². The van der Waals surface area contributed by atoms with E-state index >= 15 is 0 Å². The molecule has 0 bridgehead atoms. The van der Waals surface area contributed by atoms with E-state index in [0.717, 1.165) is 25.2 Å². The van der Waals surface area contributed by atoms with E-state index in [4.69, 9.17) is 16.3 Å². The van der Waals surface area contributed by atoms with E-state index in [-0.39, 0.29) is 5.91 Å². The van der Waals surface area contributed by atoms with Crippen LogP contribution in [0.3, 0.4) is 0 Å². The van der Waals surface area contributed by atoms with E-state index < -0.39 is 0 Å². The van der Waals surface area contributed by atoms with Gasteiger partial charge in [-0.3, -0.25) is 10.2 Å². The Kier molecular flexibility index (Phi) is 4.87. The van der Waals surface area contributed by atoms with Gasteiger partial charge in [-0.15, -0.1) is 0 Å². The fourth-order valence-electron chi connectivity index (χ4n) is 2.03. The van der Waals surface area contributed by atoms with E-state index in [0.29, 0.717) is 16.3 Å². The van der Waals surface area contributed by atoms with Crippen LogP contribution >= 0.6 is 11.6 Å². The summed E-state index contributed by atoms with van der Waals surface area (Å²) >= 11 is 5.91. The van der Waals surface area contributed by atoms with Gasteiger partial charge in [-0.2, -0.15) is 0 Å². The highest BCUT2D eigenvalue weighted by atomic mass is 35.5. The van der Waals surface area contributed by atoms with Crippen molar-refractivity contribution < 1.29 is 14.4 Å². The maximum atomic E-state index is 12.1. The Hall–Kier alpha value is -1.72. The first-order valence-electron chi connectivity index (χ1n) is 6.50. The number of hydrogen-bond donors (Lipinski definition) is 3. The molecule has 2 rings (SSSR count). The Bertz CT molecular complexity index is 531. The summed E-state index contributed by atoms with van der Waals surface area (Å²) in [6, 6.07) is 4.95. The van der Waals surface area contributed by atoms with Crippen LogP contribution in [-0.2, 0) is 0 Å². The van der Waals surface area contributed by atoms with Crippen LogP contribution in [0.4, 0.5) is 0 Å². The van der Waals surface area contributed by atoms with Crippen LogP contribution in [0.25, 0.3) is 0 Å². The molecule has 0 saturated heterocycles. The van der Waals surface area contributed by atoms with E-state index in [1.54, 1.807) is 18.2 Å². The van der Waals surface area contributed by atoms with Gasteiger partial charge < -0.3 is 15.1 Å². The minimum Gasteiger partial charge on any atom is -0.496 e. The molecule has 6 heteroatoms. The number of likely N-dealkylation sites (N-methyl/N-ethyl adjacent to an activating group) is 1. The van der Waals surface area contributed by atoms with Crippen LogP contribution in [0.5, 0.6) is 5.75 Å². The number of nitrogens with one attached hydrogen (secondary N) is 3. The third-order valence-electron chi connectivity index (χ3n) is 3.26. The zero-order chi connectivity index (χ0) is 14.5. The number of carbonyl (C=O) groups is 1. The molecular formula is C14H19ClN3O2+. The normalized spacial score (nSPS) is 18.1. The van der Waals surface area contributed by atoms with Gasteiger partial charge in [-0.1, -0.05) is 11.6 Å². The largest absolute Gasteiger partial charge is 0.496 e. The molecule has 0 aromatic heterocycles. The Labute approximate surface area is 123 Å². The van der Waals surface area contributed by atoms with Crippen LogP contribution < -0.4 is 20.5 Å². The predicted molar refractivity (Wildman–Crippen MR) is 77.9 cm³/mol. The summed E-state index contributed by atoms with van der Waals surface area (Å²) in [7, 11) is 3.67. The van der Waals surface area contributed by atoms with Crippen molar-refractivity contribution in [2.24, 2.45) is 0 Å². The molecule has 0 spiro atoms. The highest BCUT2D eigenvalue weighted by Crippen LogP contribution is 2.22. The van der Waals surface area contributed by atoms with E-state index in [1.807, 2.05) is 0 Å². The standard InChI is InChI=1S/C14H18ClN3O2/c1-18-7-5-11(6-8-18)16-17-14(19)12-9-10(15)3-4-13(12)20-2/h3-5,9,16H,6-8H2,1-2H3,(H,17,19)/p+1. The maximum absolute atomic E-state index is 12.1. The van der Waals surface area contributed by atoms with Gasteiger partial charge in [-0.05, 0) is 24.3 Å². The summed E-state index contributed by atoms with van der Waals surface area (Å²) in [6.07, 6.45) is 3.01. The Balaban J connectivity index is 2.00. The number of ether oxygens (including phenoxy) is 1. The van der Waals surface area contributed by atoms with E-state index in [9.17, 15) is 4.79 Å². The number of halogens is 1. The lowest BCUT2D eigenvalue weighted by Gasteiger charge is -2.20. The molecule has 108 valence electrons. The van der Waals surface area contributed by atoms with Crippen molar-refractivity contribution in [1.29, 1.82) is 0 Å². The van der Waals surface area contributed by atoms with Crippen LogP contribution in [0.15, 0.2) is 30.0 Å². The van der Waals surface area contributed by atoms with Crippen molar-refractivity contribution in [1.82, 2.24) is 10.9 Å². The van der Waals surface area contributed by atoms with Crippen molar-refractivity contribution in [3.05, 3.63) is 40.6 Å². The number of rotatable bonds is 4. The number of methoxy groups -OCH3 is 1. The SMILES string of the molecule is COc1ccc(Cl)cc1C(=O)NNC1=CC[NH+](C)CC1. The summed E-state index contributed by atoms with van der Waals surface area (Å²) in [5.74, 6) is 0.229. The first-order valence-corrected chi connectivity index (χ1v) is 6.88. The molecule has 1 heterocycles. The highest BCUT2D eigenvalue weighted by Gasteiger charge is 2.14. The second-order valence-electron chi connectivity index (χ2n) is 4.81. The third kappa shape index (κ3) is 3.65. The summed E-state index contributed by atoms with van der Waals surface area (Å²) in [4.78, 5) is 13.6. The smallest absolute Gasteiger partial charge is 0.273 e. The fourth-order valence-corrected chi connectivity index (χ4v) is 2.20. The molecule has 1 aromatic carbocycles. The third-order valence-corrected chi connectivity index (χ3v) is 3.50. The number of carbonyl (C=O) groups excluding carboxylic acids is 1. The van der Waals surface area contributed by atoms with E-state index in [2.05, 4.69) is 24.0 Å². The molecule has 3 N–H and O–H groups in total. The van der Waals surface area contributed by atoms with Crippen molar-refractivity contribution >= 4 is 17.5 Å². The Morgan fingerprint density at radius 3 is 2.90 bits per heavy atom. The molecule has 0 fully saturated rings. The Morgan fingerprint density at radius 2 is 2.25 bits per heavy atom. The van der Waals surface area contributed by atoms with Gasteiger partial charge in [0.25, 0.3) is 5.91 Å². The molecule has 5 nitrogen and oxygen atoms in total. The van der Waals surface area contributed by atoms with Gasteiger partial charge >= 0.3 is 0 Å². The number of hydrazine groups is 1.